The number of aromatic nitrogens is 1. The summed E-state index contributed by atoms with van der Waals surface area (Å²) in [5.41, 5.74) is 4.77. The molecule has 42 heavy (non-hydrogen) atoms. The Labute approximate surface area is 252 Å². The van der Waals surface area contributed by atoms with E-state index in [1.54, 1.807) is 0 Å². The van der Waals surface area contributed by atoms with E-state index in [1.807, 2.05) is 42.6 Å². The topological polar surface area (TPSA) is 64.6 Å². The highest BCUT2D eigenvalue weighted by Gasteiger charge is 2.57. The average molecular weight is 582 g/mol. The van der Waals surface area contributed by atoms with Gasteiger partial charge in [-0.3, -0.25) is 4.98 Å². The number of fused-ring (bicyclic) bond motifs is 2. The van der Waals surface area contributed by atoms with Gasteiger partial charge in [0.15, 0.2) is 5.60 Å². The van der Waals surface area contributed by atoms with E-state index in [9.17, 15) is 0 Å². The first kappa shape index (κ1) is 27.6. The van der Waals surface area contributed by atoms with Crippen LogP contribution in [-0.2, 0) is 20.1 Å². The van der Waals surface area contributed by atoms with Gasteiger partial charge in [0.1, 0.15) is 6.10 Å². The van der Waals surface area contributed by atoms with E-state index in [1.165, 1.54) is 11.1 Å². The summed E-state index contributed by atoms with van der Waals surface area (Å²) in [5, 5.41) is 9.02. The number of anilines is 1. The predicted octanol–water partition coefficient (Wildman–Crippen LogP) is 7.65. The normalized spacial score (nSPS) is 27.1. The van der Waals surface area contributed by atoms with Crippen molar-refractivity contribution in [2.75, 3.05) is 18.4 Å². The van der Waals surface area contributed by atoms with Gasteiger partial charge >= 0.3 is 0 Å². The molecule has 0 unspecified atom stereocenters. The molecule has 3 aromatic carbocycles. The van der Waals surface area contributed by atoms with Crippen molar-refractivity contribution in [2.24, 2.45) is 0 Å². The second-order valence-electron chi connectivity index (χ2n) is 11.6. The molecule has 0 radical (unpaired) electrons. The zero-order valence-corrected chi connectivity index (χ0v) is 24.4. The van der Waals surface area contributed by atoms with E-state index >= 15 is 0 Å². The van der Waals surface area contributed by atoms with Gasteiger partial charge in [0, 0.05) is 48.5 Å². The molecular weight excluding hydrogens is 546 g/mol. The first-order valence-corrected chi connectivity index (χ1v) is 15.4. The van der Waals surface area contributed by atoms with Crippen LogP contribution in [0.2, 0.25) is 5.02 Å². The molecule has 2 N–H and O–H groups in total. The number of ether oxygens (including phenoxy) is 1. The van der Waals surface area contributed by atoms with Crippen LogP contribution in [0.25, 0.3) is 16.5 Å². The van der Waals surface area contributed by atoms with Crippen LogP contribution in [-0.4, -0.2) is 36.0 Å². The fourth-order valence-electron chi connectivity index (χ4n) is 6.62. The third-order valence-corrected chi connectivity index (χ3v) is 9.09. The molecule has 2 atom stereocenters. The minimum Gasteiger partial charge on any atom is -0.383 e. The third kappa shape index (κ3) is 5.46. The highest BCUT2D eigenvalue weighted by molar-refractivity contribution is 6.31. The minimum absolute atomic E-state index is 0.212. The van der Waals surface area contributed by atoms with Gasteiger partial charge in [0.2, 0.25) is 5.79 Å². The number of nitrogens with zero attached hydrogens (tertiary/aromatic N) is 1. The van der Waals surface area contributed by atoms with Gasteiger partial charge in [0.25, 0.3) is 0 Å². The van der Waals surface area contributed by atoms with E-state index in [-0.39, 0.29) is 6.10 Å². The minimum atomic E-state index is -0.716. The summed E-state index contributed by atoms with van der Waals surface area (Å²) in [6, 6.07) is 29.2. The second-order valence-corrected chi connectivity index (χ2v) is 12.1. The lowest BCUT2D eigenvalue weighted by Gasteiger charge is -2.49. The Hall–Kier alpha value is -3.26. The van der Waals surface area contributed by atoms with Crippen molar-refractivity contribution in [3.05, 3.63) is 113 Å². The smallest absolute Gasteiger partial charge is 0.202 e. The molecule has 4 aromatic rings. The molecule has 0 amide bonds. The van der Waals surface area contributed by atoms with E-state index in [0.29, 0.717) is 17.5 Å². The van der Waals surface area contributed by atoms with Crippen molar-refractivity contribution in [1.82, 2.24) is 10.3 Å². The summed E-state index contributed by atoms with van der Waals surface area (Å²) < 4.78 is 6.86. The average Bonchev–Trinajstić information content (AvgIpc) is 3.42. The van der Waals surface area contributed by atoms with E-state index in [0.717, 1.165) is 67.3 Å². The van der Waals surface area contributed by atoms with Crippen molar-refractivity contribution in [3.63, 3.8) is 0 Å². The van der Waals surface area contributed by atoms with Gasteiger partial charge in [-0.2, -0.15) is 0 Å². The number of rotatable bonds is 8. The molecule has 1 spiro atoms. The summed E-state index contributed by atoms with van der Waals surface area (Å²) in [6.45, 7) is 1.77. The molecule has 7 rings (SSSR count). The fourth-order valence-corrected chi connectivity index (χ4v) is 6.85. The summed E-state index contributed by atoms with van der Waals surface area (Å²) in [5.74, 6) is -0.716. The number of pyridine rings is 1. The quantitative estimate of drug-likeness (QED) is 0.165. The standard InChI is InChI=1S/C35H36ClN3O3/c36-29-21-26-11-7-18-39-33(26)31(23-29)38-20-8-19-37-30-14-16-34(17-15-30)40-32-22-27(25-9-3-1-4-10-25)24-35(32,42-41-34)28-12-5-2-6-13-28/h1-7,9-13,18,21-23,30,32,37-38H,8,14-17,19-20,24H2/t30?,32-,34?,35-/m1/s1. The summed E-state index contributed by atoms with van der Waals surface area (Å²) in [7, 11) is 0. The largest absolute Gasteiger partial charge is 0.383 e. The lowest BCUT2D eigenvalue weighted by molar-refractivity contribution is -0.531. The van der Waals surface area contributed by atoms with Crippen molar-refractivity contribution in [1.29, 1.82) is 0 Å². The molecule has 2 fully saturated rings. The van der Waals surface area contributed by atoms with Crippen LogP contribution in [0.5, 0.6) is 0 Å². The van der Waals surface area contributed by atoms with Crippen LogP contribution in [0.1, 0.15) is 49.7 Å². The maximum absolute atomic E-state index is 6.86. The van der Waals surface area contributed by atoms with Crippen molar-refractivity contribution >= 4 is 33.8 Å². The van der Waals surface area contributed by atoms with Crippen LogP contribution in [0.15, 0.2) is 97.2 Å². The van der Waals surface area contributed by atoms with Crippen LogP contribution >= 0.6 is 11.6 Å². The zero-order valence-electron chi connectivity index (χ0n) is 23.6. The number of halogens is 1. The molecule has 1 saturated heterocycles. The number of hydrogen-bond donors (Lipinski definition) is 2. The molecule has 1 aliphatic heterocycles. The Morgan fingerprint density at radius 3 is 2.48 bits per heavy atom. The molecule has 0 bridgehead atoms. The summed E-state index contributed by atoms with van der Waals surface area (Å²) >= 11 is 6.32. The molecular formula is C35H36ClN3O3. The van der Waals surface area contributed by atoms with Gasteiger partial charge in [-0.05, 0) is 66.8 Å². The van der Waals surface area contributed by atoms with Crippen molar-refractivity contribution in [3.8, 4) is 0 Å². The molecule has 1 aromatic heterocycles. The van der Waals surface area contributed by atoms with Gasteiger partial charge in [0.05, 0.1) is 11.2 Å². The molecule has 3 aliphatic rings. The van der Waals surface area contributed by atoms with Gasteiger partial charge in [-0.25, -0.2) is 9.78 Å². The Morgan fingerprint density at radius 2 is 1.67 bits per heavy atom. The fraction of sp³-hybridized carbons (Fsp3) is 0.343. The molecule has 216 valence electrons. The second kappa shape index (κ2) is 11.8. The Bertz CT molecular complexity index is 1560. The maximum Gasteiger partial charge on any atom is 0.202 e. The lowest BCUT2D eigenvalue weighted by Crippen LogP contribution is -2.56. The van der Waals surface area contributed by atoms with Crippen LogP contribution in [0, 0.1) is 0 Å². The van der Waals surface area contributed by atoms with Crippen LogP contribution in [0.3, 0.4) is 0 Å². The monoisotopic (exact) mass is 581 g/mol. The van der Waals surface area contributed by atoms with Crippen LogP contribution < -0.4 is 10.6 Å². The number of benzene rings is 3. The van der Waals surface area contributed by atoms with Gasteiger partial charge in [-0.1, -0.05) is 78.3 Å². The van der Waals surface area contributed by atoms with E-state index < -0.39 is 11.4 Å². The molecule has 1 saturated carbocycles. The first-order valence-electron chi connectivity index (χ1n) is 15.0. The van der Waals surface area contributed by atoms with Crippen molar-refractivity contribution in [2.45, 2.75) is 62.1 Å². The lowest BCUT2D eigenvalue weighted by atomic mass is 9.85. The number of hydrogen-bond acceptors (Lipinski definition) is 6. The Kier molecular flexibility index (Phi) is 7.74. The maximum atomic E-state index is 6.86. The van der Waals surface area contributed by atoms with E-state index in [4.69, 9.17) is 26.1 Å². The predicted molar refractivity (Wildman–Crippen MR) is 167 cm³/mol. The molecule has 6 nitrogen and oxygen atoms in total. The Balaban J connectivity index is 0.947. The highest BCUT2D eigenvalue weighted by Crippen LogP contribution is 2.53. The third-order valence-electron chi connectivity index (χ3n) is 8.88. The molecule has 7 heteroatoms. The zero-order chi connectivity index (χ0) is 28.4. The summed E-state index contributed by atoms with van der Waals surface area (Å²) in [4.78, 5) is 17.2. The Morgan fingerprint density at radius 1 is 0.881 bits per heavy atom. The molecule has 2 heterocycles. The summed E-state index contributed by atoms with van der Waals surface area (Å²) in [6.07, 6.45) is 9.09. The van der Waals surface area contributed by atoms with Gasteiger partial charge in [-0.15, -0.1) is 0 Å². The van der Waals surface area contributed by atoms with Gasteiger partial charge < -0.3 is 15.4 Å². The van der Waals surface area contributed by atoms with E-state index in [2.05, 4.69) is 70.2 Å². The van der Waals surface area contributed by atoms with Crippen molar-refractivity contribution < 1.29 is 14.5 Å². The first-order chi connectivity index (χ1) is 20.6. The number of nitrogens with one attached hydrogen (secondary N) is 2. The van der Waals surface area contributed by atoms with Crippen LogP contribution in [0.4, 0.5) is 5.69 Å². The molecule has 2 aliphatic carbocycles. The SMILES string of the molecule is Clc1cc(NCCCNC2CCC3(CC2)OO[C@@]2(c4ccccc4)CC(c4ccccc4)=C[C@H]2O3)c2ncccc2c1. The highest BCUT2D eigenvalue weighted by atomic mass is 35.5.